The number of rotatable bonds is 3. The summed E-state index contributed by atoms with van der Waals surface area (Å²) in [5.41, 5.74) is 5.08. The first kappa shape index (κ1) is 12.5. The molecule has 0 fully saturated rings. The Hall–Kier alpha value is 0.507. The lowest BCUT2D eigenvalue weighted by Crippen LogP contribution is -2.39. The van der Waals surface area contributed by atoms with Gasteiger partial charge in [0.2, 0.25) is 0 Å². The Morgan fingerprint density at radius 3 is 1.67 bits per heavy atom. The summed E-state index contributed by atoms with van der Waals surface area (Å²) in [6, 6.07) is 1.29. The van der Waals surface area contributed by atoms with Crippen LogP contribution in [0.5, 0.6) is 0 Å². The van der Waals surface area contributed by atoms with E-state index in [-0.39, 0.29) is 0 Å². The number of hydrogen-bond acceptors (Lipinski definition) is 0. The van der Waals surface area contributed by atoms with Crippen molar-refractivity contribution in [2.24, 2.45) is 0 Å². The van der Waals surface area contributed by atoms with E-state index in [1.807, 2.05) is 0 Å². The van der Waals surface area contributed by atoms with Gasteiger partial charge in [0.25, 0.3) is 0 Å². The van der Waals surface area contributed by atoms with Gasteiger partial charge < -0.3 is 0 Å². The van der Waals surface area contributed by atoms with Crippen LogP contribution in [0.1, 0.15) is 34.6 Å². The van der Waals surface area contributed by atoms with Crippen molar-refractivity contribution >= 4 is 30.7 Å². The second-order valence-corrected chi connectivity index (χ2v) is 9.81. The van der Waals surface area contributed by atoms with Crippen LogP contribution >= 0.6 is 22.6 Å². The van der Waals surface area contributed by atoms with Crippen molar-refractivity contribution < 1.29 is 0 Å². The summed E-state index contributed by atoms with van der Waals surface area (Å²) in [6.45, 7) is 11.6. The first-order chi connectivity index (χ1) is 5.51. The monoisotopic (exact) mass is 294 g/mol. The largest absolute Gasteiger partial charge is 0.144 e. The number of halogens is 1. The maximum Gasteiger partial charge on any atom is 0.144 e. The number of hydrogen-bond donors (Lipinski definition) is 0. The van der Waals surface area contributed by atoms with Crippen molar-refractivity contribution in [3.8, 4) is 9.47 Å². The van der Waals surface area contributed by atoms with Gasteiger partial charge in [-0.1, -0.05) is 34.6 Å². The zero-order chi connectivity index (χ0) is 9.78. The Morgan fingerprint density at radius 1 is 1.17 bits per heavy atom. The topological polar surface area (TPSA) is 0 Å². The van der Waals surface area contributed by atoms with Crippen molar-refractivity contribution in [3.05, 3.63) is 0 Å². The second-order valence-electron chi connectivity index (χ2n) is 3.92. The van der Waals surface area contributed by atoms with E-state index in [2.05, 4.69) is 66.7 Å². The van der Waals surface area contributed by atoms with Crippen molar-refractivity contribution in [1.82, 2.24) is 0 Å². The van der Waals surface area contributed by atoms with Gasteiger partial charge in [0.1, 0.15) is 8.07 Å². The highest BCUT2D eigenvalue weighted by molar-refractivity contribution is 14.1. The van der Waals surface area contributed by atoms with Crippen LogP contribution in [0.25, 0.3) is 0 Å². The highest BCUT2D eigenvalue weighted by atomic mass is 127. The Bertz CT molecular complexity index is 178. The normalized spacial score (nSPS) is 11.7. The Balaban J connectivity index is 4.85. The van der Waals surface area contributed by atoms with Crippen LogP contribution < -0.4 is 0 Å². The molecule has 0 N–H and O–H groups in total. The molecule has 0 unspecified atom stereocenters. The van der Waals surface area contributed by atoms with Gasteiger partial charge in [-0.15, -0.1) is 5.54 Å². The summed E-state index contributed by atoms with van der Waals surface area (Å²) in [5.74, 6) is 0. The Labute approximate surface area is 91.7 Å². The van der Waals surface area contributed by atoms with E-state index in [0.29, 0.717) is 0 Å². The lowest BCUT2D eigenvalue weighted by atomic mass is 10.5. The van der Waals surface area contributed by atoms with Crippen LogP contribution in [0.15, 0.2) is 0 Å². The highest BCUT2D eigenvalue weighted by Crippen LogP contribution is 2.34. The standard InChI is InChI=1S/C10H19ISi/c1-6-12(8-7-11,9(2)3)10(4)5/h9-10H,6H2,1-5H3. The van der Waals surface area contributed by atoms with Crippen LogP contribution in [0.4, 0.5) is 0 Å². The van der Waals surface area contributed by atoms with Gasteiger partial charge in [-0.05, 0) is 21.1 Å². The summed E-state index contributed by atoms with van der Waals surface area (Å²) in [4.78, 5) is 0. The zero-order valence-corrected chi connectivity index (χ0v) is 11.9. The summed E-state index contributed by atoms with van der Waals surface area (Å²) in [7, 11) is -1.29. The van der Waals surface area contributed by atoms with E-state index in [1.54, 1.807) is 0 Å². The van der Waals surface area contributed by atoms with Crippen LogP contribution in [0.3, 0.4) is 0 Å². The van der Waals surface area contributed by atoms with Crippen molar-refractivity contribution in [3.63, 3.8) is 0 Å². The van der Waals surface area contributed by atoms with Crippen LogP contribution in [0.2, 0.25) is 17.1 Å². The van der Waals surface area contributed by atoms with Gasteiger partial charge >= 0.3 is 0 Å². The van der Waals surface area contributed by atoms with Crippen LogP contribution in [-0.2, 0) is 0 Å². The van der Waals surface area contributed by atoms with E-state index in [9.17, 15) is 0 Å². The minimum absolute atomic E-state index is 0.782. The first-order valence-electron chi connectivity index (χ1n) is 4.64. The van der Waals surface area contributed by atoms with Crippen molar-refractivity contribution in [2.45, 2.75) is 51.7 Å². The molecule has 0 atom stereocenters. The SMILES string of the molecule is CC[Si](C#CI)(C(C)C)C(C)C. The molecular formula is C10H19ISi. The van der Waals surface area contributed by atoms with E-state index in [1.165, 1.54) is 6.04 Å². The molecule has 70 valence electrons. The van der Waals surface area contributed by atoms with Crippen molar-refractivity contribution in [1.29, 1.82) is 0 Å². The van der Waals surface area contributed by atoms with Gasteiger partial charge in [0.15, 0.2) is 0 Å². The lowest BCUT2D eigenvalue weighted by Gasteiger charge is -2.32. The fourth-order valence-corrected chi connectivity index (χ4v) is 7.35. The molecule has 12 heavy (non-hydrogen) atoms. The zero-order valence-electron chi connectivity index (χ0n) is 8.74. The quantitative estimate of drug-likeness (QED) is 0.415. The smallest absolute Gasteiger partial charge is 0.119 e. The summed E-state index contributed by atoms with van der Waals surface area (Å²) < 4.78 is 3.10. The third kappa shape index (κ3) is 2.50. The molecule has 0 amide bonds. The van der Waals surface area contributed by atoms with Crippen LogP contribution in [0, 0.1) is 9.47 Å². The molecule has 0 saturated heterocycles. The molecule has 0 aliphatic heterocycles. The predicted molar refractivity (Wildman–Crippen MR) is 68.2 cm³/mol. The molecule has 0 nitrogen and oxygen atoms in total. The van der Waals surface area contributed by atoms with E-state index < -0.39 is 8.07 Å². The van der Waals surface area contributed by atoms with E-state index in [4.69, 9.17) is 0 Å². The van der Waals surface area contributed by atoms with E-state index in [0.717, 1.165) is 11.1 Å². The molecule has 0 rings (SSSR count). The fourth-order valence-electron chi connectivity index (χ4n) is 1.95. The second kappa shape index (κ2) is 5.28. The van der Waals surface area contributed by atoms with E-state index >= 15 is 0 Å². The van der Waals surface area contributed by atoms with Gasteiger partial charge in [-0.2, -0.15) is 0 Å². The summed E-state index contributed by atoms with van der Waals surface area (Å²) in [5, 5.41) is 0. The van der Waals surface area contributed by atoms with Gasteiger partial charge in [-0.3, -0.25) is 0 Å². The average Bonchev–Trinajstić information content (AvgIpc) is 1.98. The molecule has 0 heterocycles. The summed E-state index contributed by atoms with van der Waals surface area (Å²) in [6.07, 6.45) is 0. The third-order valence-electron chi connectivity index (χ3n) is 2.93. The summed E-state index contributed by atoms with van der Waals surface area (Å²) >= 11 is 2.18. The average molecular weight is 294 g/mol. The minimum atomic E-state index is -1.29. The molecule has 0 spiro atoms. The highest BCUT2D eigenvalue weighted by Gasteiger charge is 2.36. The molecule has 0 radical (unpaired) electrons. The van der Waals surface area contributed by atoms with Gasteiger partial charge in [0.05, 0.1) is 0 Å². The molecule has 0 aromatic rings. The molecule has 0 aromatic heterocycles. The molecular weight excluding hydrogens is 275 g/mol. The lowest BCUT2D eigenvalue weighted by molar-refractivity contribution is 0.900. The van der Waals surface area contributed by atoms with Gasteiger partial charge in [-0.25, -0.2) is 0 Å². The van der Waals surface area contributed by atoms with Crippen LogP contribution in [-0.4, -0.2) is 8.07 Å². The molecule has 0 bridgehead atoms. The molecule has 0 saturated carbocycles. The third-order valence-corrected chi connectivity index (χ3v) is 9.59. The predicted octanol–water partition coefficient (Wildman–Crippen LogP) is 4.21. The molecule has 0 aliphatic rings. The van der Waals surface area contributed by atoms with Crippen molar-refractivity contribution in [2.75, 3.05) is 0 Å². The fraction of sp³-hybridized carbons (Fsp3) is 0.800. The maximum absolute atomic E-state index is 3.52. The maximum atomic E-state index is 3.52. The van der Waals surface area contributed by atoms with Gasteiger partial charge in [0, 0.05) is 22.6 Å². The first-order valence-corrected chi connectivity index (χ1v) is 8.08. The molecule has 0 aromatic carbocycles. The Morgan fingerprint density at radius 2 is 1.58 bits per heavy atom. The Kier molecular flexibility index (Phi) is 5.51. The molecule has 0 aliphatic carbocycles. The minimum Gasteiger partial charge on any atom is -0.119 e. The molecule has 2 heteroatoms.